The molecule has 100 valence electrons. The van der Waals surface area contributed by atoms with Crippen molar-refractivity contribution in [3.8, 4) is 0 Å². The van der Waals surface area contributed by atoms with E-state index < -0.39 is 0 Å². The Morgan fingerprint density at radius 3 is 2.72 bits per heavy atom. The maximum absolute atomic E-state index is 13.9. The molecule has 1 unspecified atom stereocenters. The van der Waals surface area contributed by atoms with Gasteiger partial charge in [0.15, 0.2) is 0 Å². The maximum atomic E-state index is 13.9. The highest BCUT2D eigenvalue weighted by molar-refractivity contribution is 6.30. The number of hydrogen-bond acceptors (Lipinski definition) is 2. The van der Waals surface area contributed by atoms with Gasteiger partial charge in [0.1, 0.15) is 5.82 Å². The molecule has 1 aromatic carbocycles. The van der Waals surface area contributed by atoms with Gasteiger partial charge < -0.3 is 5.73 Å². The lowest BCUT2D eigenvalue weighted by Gasteiger charge is -2.34. The van der Waals surface area contributed by atoms with Gasteiger partial charge in [-0.1, -0.05) is 24.1 Å². The van der Waals surface area contributed by atoms with Crippen molar-refractivity contribution in [2.75, 3.05) is 20.1 Å². The first-order chi connectivity index (χ1) is 8.61. The summed E-state index contributed by atoms with van der Waals surface area (Å²) in [6.45, 7) is 1.41. The van der Waals surface area contributed by atoms with E-state index in [4.69, 9.17) is 17.3 Å². The van der Waals surface area contributed by atoms with Crippen LogP contribution >= 0.6 is 11.6 Å². The number of rotatable bonds is 5. The van der Waals surface area contributed by atoms with Crippen LogP contribution in [-0.2, 0) is 0 Å². The smallest absolute Gasteiger partial charge is 0.129 e. The van der Waals surface area contributed by atoms with E-state index in [1.807, 2.05) is 7.05 Å². The van der Waals surface area contributed by atoms with E-state index >= 15 is 0 Å². The van der Waals surface area contributed by atoms with Gasteiger partial charge in [-0.05, 0) is 37.9 Å². The molecule has 2 nitrogen and oxygen atoms in total. The van der Waals surface area contributed by atoms with Crippen molar-refractivity contribution >= 4 is 11.6 Å². The van der Waals surface area contributed by atoms with Crippen molar-refractivity contribution in [1.82, 2.24) is 4.90 Å². The molecule has 0 heterocycles. The van der Waals surface area contributed by atoms with Crippen molar-refractivity contribution in [1.29, 1.82) is 0 Å². The standard InChI is InChI=1S/C14H20ClFN2/c1-18(9-10-3-2-4-10)14(8-17)12-6-5-11(15)7-13(12)16/h5-7,10,14H,2-4,8-9,17H2,1H3. The fraction of sp³-hybridized carbons (Fsp3) is 0.571. The fourth-order valence-electron chi connectivity index (χ4n) is 2.53. The molecule has 4 heteroatoms. The molecule has 1 saturated carbocycles. The second-order valence-corrected chi connectivity index (χ2v) is 5.59. The zero-order valence-electron chi connectivity index (χ0n) is 10.7. The molecular formula is C14H20ClFN2. The summed E-state index contributed by atoms with van der Waals surface area (Å²) >= 11 is 5.78. The van der Waals surface area contributed by atoms with Gasteiger partial charge in [0.25, 0.3) is 0 Å². The van der Waals surface area contributed by atoms with Crippen LogP contribution in [0.4, 0.5) is 4.39 Å². The molecular weight excluding hydrogens is 251 g/mol. The van der Waals surface area contributed by atoms with Gasteiger partial charge in [0.05, 0.1) is 0 Å². The van der Waals surface area contributed by atoms with Crippen molar-refractivity contribution in [2.45, 2.75) is 25.3 Å². The monoisotopic (exact) mass is 270 g/mol. The van der Waals surface area contributed by atoms with Crippen LogP contribution in [0, 0.1) is 11.7 Å². The summed E-state index contributed by atoms with van der Waals surface area (Å²) in [6.07, 6.45) is 3.89. The second-order valence-electron chi connectivity index (χ2n) is 5.15. The molecule has 0 amide bonds. The molecule has 0 spiro atoms. The summed E-state index contributed by atoms with van der Waals surface area (Å²) in [7, 11) is 2.02. The molecule has 0 aromatic heterocycles. The second kappa shape index (κ2) is 6.00. The van der Waals surface area contributed by atoms with Crippen molar-refractivity contribution < 1.29 is 4.39 Å². The minimum atomic E-state index is -0.265. The van der Waals surface area contributed by atoms with Gasteiger partial charge in [0, 0.05) is 29.7 Å². The van der Waals surface area contributed by atoms with Gasteiger partial charge in [-0.15, -0.1) is 0 Å². The fourth-order valence-corrected chi connectivity index (χ4v) is 2.68. The number of halogens is 2. The normalized spacial score (nSPS) is 17.8. The Balaban J connectivity index is 2.10. The molecule has 1 aromatic rings. The number of nitrogens with zero attached hydrogens (tertiary/aromatic N) is 1. The SMILES string of the molecule is CN(CC1CCC1)C(CN)c1ccc(Cl)cc1F. The van der Waals surface area contributed by atoms with Crippen molar-refractivity contribution in [3.05, 3.63) is 34.6 Å². The van der Waals surface area contributed by atoms with Crippen LogP contribution < -0.4 is 5.73 Å². The summed E-state index contributed by atoms with van der Waals surface area (Å²) in [5.41, 5.74) is 6.45. The molecule has 1 aliphatic rings. The third kappa shape index (κ3) is 3.02. The van der Waals surface area contributed by atoms with Gasteiger partial charge in [0.2, 0.25) is 0 Å². The third-order valence-corrected chi connectivity index (χ3v) is 4.08. The molecule has 1 atom stereocenters. The first-order valence-corrected chi connectivity index (χ1v) is 6.85. The quantitative estimate of drug-likeness (QED) is 0.890. The molecule has 1 fully saturated rings. The first kappa shape index (κ1) is 13.8. The predicted octanol–water partition coefficient (Wildman–Crippen LogP) is 3.21. The zero-order valence-corrected chi connectivity index (χ0v) is 11.5. The van der Waals surface area contributed by atoms with Gasteiger partial charge in [-0.25, -0.2) is 4.39 Å². The van der Waals surface area contributed by atoms with Crippen LogP contribution in [-0.4, -0.2) is 25.0 Å². The zero-order chi connectivity index (χ0) is 13.1. The maximum Gasteiger partial charge on any atom is 0.129 e. The minimum Gasteiger partial charge on any atom is -0.329 e. The van der Waals surface area contributed by atoms with Gasteiger partial charge >= 0.3 is 0 Å². The van der Waals surface area contributed by atoms with Crippen LogP contribution in [0.25, 0.3) is 0 Å². The molecule has 0 aliphatic heterocycles. The molecule has 1 aliphatic carbocycles. The van der Waals surface area contributed by atoms with Crippen LogP contribution in [0.1, 0.15) is 30.9 Å². The van der Waals surface area contributed by atoms with Crippen LogP contribution in [0.5, 0.6) is 0 Å². The van der Waals surface area contributed by atoms with Crippen LogP contribution in [0.15, 0.2) is 18.2 Å². The Kier molecular flexibility index (Phi) is 4.60. The lowest BCUT2D eigenvalue weighted by atomic mass is 9.84. The summed E-state index contributed by atoms with van der Waals surface area (Å²) in [6, 6.07) is 4.76. The molecule has 2 N–H and O–H groups in total. The highest BCUT2D eigenvalue weighted by Gasteiger charge is 2.24. The molecule has 0 radical (unpaired) electrons. The Morgan fingerprint density at radius 1 is 1.50 bits per heavy atom. The highest BCUT2D eigenvalue weighted by Crippen LogP contribution is 2.30. The van der Waals surface area contributed by atoms with E-state index in [0.717, 1.165) is 12.5 Å². The van der Waals surface area contributed by atoms with Crippen molar-refractivity contribution in [3.63, 3.8) is 0 Å². The first-order valence-electron chi connectivity index (χ1n) is 6.47. The number of benzene rings is 1. The summed E-state index contributed by atoms with van der Waals surface area (Å²) in [5.74, 6) is 0.484. The van der Waals surface area contributed by atoms with Gasteiger partial charge in [-0.3, -0.25) is 4.90 Å². The van der Waals surface area contributed by atoms with E-state index in [2.05, 4.69) is 4.90 Å². The van der Waals surface area contributed by atoms with Crippen molar-refractivity contribution in [2.24, 2.45) is 11.7 Å². The number of likely N-dealkylation sites (N-methyl/N-ethyl adjacent to an activating group) is 1. The van der Waals surface area contributed by atoms with E-state index in [1.165, 1.54) is 25.3 Å². The third-order valence-electron chi connectivity index (χ3n) is 3.85. The van der Waals surface area contributed by atoms with E-state index in [9.17, 15) is 4.39 Å². The van der Waals surface area contributed by atoms with E-state index in [0.29, 0.717) is 17.1 Å². The minimum absolute atomic E-state index is 0.0668. The average Bonchev–Trinajstić information content (AvgIpc) is 2.27. The Hall–Kier alpha value is -0.640. The molecule has 0 saturated heterocycles. The number of nitrogens with two attached hydrogens (primary N) is 1. The topological polar surface area (TPSA) is 29.3 Å². The summed E-state index contributed by atoms with van der Waals surface area (Å²) < 4.78 is 13.9. The largest absolute Gasteiger partial charge is 0.329 e. The van der Waals surface area contributed by atoms with E-state index in [-0.39, 0.29) is 11.9 Å². The number of hydrogen-bond donors (Lipinski definition) is 1. The Labute approximate surface area is 113 Å². The molecule has 0 bridgehead atoms. The summed E-state index contributed by atoms with van der Waals surface area (Å²) in [5, 5.41) is 0.425. The molecule has 2 rings (SSSR count). The summed E-state index contributed by atoms with van der Waals surface area (Å²) in [4.78, 5) is 2.16. The van der Waals surface area contributed by atoms with Gasteiger partial charge in [-0.2, -0.15) is 0 Å². The Morgan fingerprint density at radius 2 is 2.22 bits per heavy atom. The lowest BCUT2D eigenvalue weighted by Crippen LogP contribution is -2.36. The lowest BCUT2D eigenvalue weighted by molar-refractivity contribution is 0.163. The van der Waals surface area contributed by atoms with Crippen LogP contribution in [0.3, 0.4) is 0 Å². The van der Waals surface area contributed by atoms with Crippen LogP contribution in [0.2, 0.25) is 5.02 Å². The average molecular weight is 271 g/mol. The predicted molar refractivity (Wildman–Crippen MR) is 73.2 cm³/mol. The highest BCUT2D eigenvalue weighted by atomic mass is 35.5. The van der Waals surface area contributed by atoms with E-state index in [1.54, 1.807) is 12.1 Å². The molecule has 18 heavy (non-hydrogen) atoms. The Bertz CT molecular complexity index is 407.